The Morgan fingerprint density at radius 1 is 0.682 bits per heavy atom. The second kappa shape index (κ2) is 7.17. The lowest BCUT2D eigenvalue weighted by Crippen LogP contribution is -2.05. The highest BCUT2D eigenvalue weighted by Crippen LogP contribution is 2.25. The first-order valence-electron chi connectivity index (χ1n) is 7.69. The Kier molecular flexibility index (Phi) is 5.26. The molecule has 0 N–H and O–H groups in total. The topological polar surface area (TPSA) is 18.5 Å². The summed E-state index contributed by atoms with van der Waals surface area (Å²) >= 11 is 0. The van der Waals surface area contributed by atoms with E-state index in [9.17, 15) is 0 Å². The van der Waals surface area contributed by atoms with Gasteiger partial charge < -0.3 is 9.47 Å². The third-order valence-corrected chi connectivity index (χ3v) is 3.15. The molecule has 0 unspecified atom stereocenters. The Morgan fingerprint density at radius 3 is 1.27 bits per heavy atom. The zero-order chi connectivity index (χ0) is 16.1. The average molecular weight is 296 g/mol. The van der Waals surface area contributed by atoms with E-state index < -0.39 is 0 Å². The molecule has 0 radical (unpaired) electrons. The van der Waals surface area contributed by atoms with Crippen molar-refractivity contribution in [1.82, 2.24) is 0 Å². The summed E-state index contributed by atoms with van der Waals surface area (Å²) in [6.45, 7) is 12.3. The fraction of sp³-hybridized carbons (Fsp3) is 0.300. The molecule has 0 aliphatic heterocycles. The summed E-state index contributed by atoms with van der Waals surface area (Å²) in [6.07, 6.45) is 0.366. The SMILES string of the molecule is C=C(c1ccc(OC(C)C)cc1)c1ccc(OC(C)C)cc1. The van der Waals surface area contributed by atoms with E-state index >= 15 is 0 Å². The lowest BCUT2D eigenvalue weighted by atomic mass is 9.99. The second-order valence-electron chi connectivity index (χ2n) is 5.86. The second-order valence-corrected chi connectivity index (χ2v) is 5.86. The first-order valence-corrected chi connectivity index (χ1v) is 7.69. The van der Waals surface area contributed by atoms with Crippen LogP contribution in [0.1, 0.15) is 38.8 Å². The van der Waals surface area contributed by atoms with Crippen LogP contribution in [0.25, 0.3) is 5.57 Å². The maximum absolute atomic E-state index is 5.66. The smallest absolute Gasteiger partial charge is 0.119 e. The molecular formula is C20H24O2. The van der Waals surface area contributed by atoms with Gasteiger partial charge in [-0.3, -0.25) is 0 Å². The maximum atomic E-state index is 5.66. The van der Waals surface area contributed by atoms with Gasteiger partial charge in [0.05, 0.1) is 12.2 Å². The van der Waals surface area contributed by atoms with Crippen molar-refractivity contribution in [2.75, 3.05) is 0 Å². The first kappa shape index (κ1) is 16.2. The molecule has 2 heteroatoms. The molecule has 2 aromatic rings. The molecule has 0 atom stereocenters. The van der Waals surface area contributed by atoms with Gasteiger partial charge in [-0.15, -0.1) is 0 Å². The van der Waals surface area contributed by atoms with Gasteiger partial charge in [-0.2, -0.15) is 0 Å². The molecule has 0 spiro atoms. The minimum Gasteiger partial charge on any atom is -0.491 e. The van der Waals surface area contributed by atoms with Crippen molar-refractivity contribution in [3.05, 3.63) is 66.2 Å². The zero-order valence-electron chi connectivity index (χ0n) is 13.8. The summed E-state index contributed by atoms with van der Waals surface area (Å²) in [5.41, 5.74) is 3.18. The van der Waals surface area contributed by atoms with Crippen molar-refractivity contribution >= 4 is 5.57 Å². The van der Waals surface area contributed by atoms with Gasteiger partial charge in [0, 0.05) is 0 Å². The number of ether oxygens (including phenoxy) is 2. The van der Waals surface area contributed by atoms with E-state index in [0.29, 0.717) is 0 Å². The minimum absolute atomic E-state index is 0.183. The molecule has 0 heterocycles. The molecule has 0 aliphatic carbocycles. The molecule has 2 rings (SSSR count). The summed E-state index contributed by atoms with van der Waals surface area (Å²) < 4.78 is 11.3. The van der Waals surface area contributed by atoms with Crippen LogP contribution in [0.2, 0.25) is 0 Å². The largest absolute Gasteiger partial charge is 0.491 e. The van der Waals surface area contributed by atoms with Crippen LogP contribution in [0.5, 0.6) is 11.5 Å². The number of hydrogen-bond acceptors (Lipinski definition) is 2. The van der Waals surface area contributed by atoms with Gasteiger partial charge in [-0.1, -0.05) is 30.8 Å². The molecule has 2 nitrogen and oxygen atoms in total. The average Bonchev–Trinajstić information content (AvgIpc) is 2.47. The van der Waals surface area contributed by atoms with Gasteiger partial charge >= 0.3 is 0 Å². The first-order chi connectivity index (χ1) is 10.5. The highest BCUT2D eigenvalue weighted by Gasteiger charge is 2.05. The quantitative estimate of drug-likeness (QED) is 0.718. The molecule has 0 bridgehead atoms. The lowest BCUT2D eigenvalue weighted by molar-refractivity contribution is 0.242. The Labute approximate surface area is 133 Å². The van der Waals surface area contributed by atoms with Crippen LogP contribution in [-0.4, -0.2) is 12.2 Å². The van der Waals surface area contributed by atoms with Crippen LogP contribution in [-0.2, 0) is 0 Å². The lowest BCUT2D eigenvalue weighted by Gasteiger charge is -2.12. The van der Waals surface area contributed by atoms with Gasteiger partial charge in [0.2, 0.25) is 0 Å². The van der Waals surface area contributed by atoms with Gasteiger partial charge in [0.1, 0.15) is 11.5 Å². The Morgan fingerprint density at radius 2 is 1.00 bits per heavy atom. The monoisotopic (exact) mass is 296 g/mol. The predicted molar refractivity (Wildman–Crippen MR) is 92.5 cm³/mol. The molecule has 0 fully saturated rings. The Balaban J connectivity index is 2.10. The van der Waals surface area contributed by atoms with Crippen LogP contribution in [0.3, 0.4) is 0 Å². The van der Waals surface area contributed by atoms with Crippen molar-refractivity contribution in [2.24, 2.45) is 0 Å². The highest BCUT2D eigenvalue weighted by molar-refractivity contribution is 5.78. The normalized spacial score (nSPS) is 10.8. The summed E-state index contributed by atoms with van der Waals surface area (Å²) in [5.74, 6) is 1.76. The van der Waals surface area contributed by atoms with Crippen molar-refractivity contribution in [3.8, 4) is 11.5 Å². The molecule has 0 aliphatic rings. The van der Waals surface area contributed by atoms with Crippen LogP contribution in [0.15, 0.2) is 55.1 Å². The van der Waals surface area contributed by atoms with Crippen molar-refractivity contribution in [2.45, 2.75) is 39.9 Å². The van der Waals surface area contributed by atoms with Crippen molar-refractivity contribution in [3.63, 3.8) is 0 Å². The molecule has 0 saturated heterocycles. The summed E-state index contributed by atoms with van der Waals surface area (Å²) in [7, 11) is 0. The van der Waals surface area contributed by atoms with Crippen molar-refractivity contribution < 1.29 is 9.47 Å². The standard InChI is InChI=1S/C20H24O2/c1-14(2)21-19-10-6-17(7-11-19)16(5)18-8-12-20(13-9-18)22-15(3)4/h6-15H,5H2,1-4H3. The molecular weight excluding hydrogens is 272 g/mol. The molecule has 0 saturated carbocycles. The predicted octanol–water partition coefficient (Wildman–Crippen LogP) is 5.32. The molecule has 2 aromatic carbocycles. The van der Waals surface area contributed by atoms with E-state index in [2.05, 4.69) is 6.58 Å². The van der Waals surface area contributed by atoms with E-state index in [-0.39, 0.29) is 12.2 Å². The maximum Gasteiger partial charge on any atom is 0.119 e. The van der Waals surface area contributed by atoms with Crippen LogP contribution >= 0.6 is 0 Å². The molecule has 22 heavy (non-hydrogen) atoms. The van der Waals surface area contributed by atoms with E-state index in [1.807, 2.05) is 76.2 Å². The van der Waals surface area contributed by atoms with E-state index in [1.54, 1.807) is 0 Å². The molecule has 116 valence electrons. The minimum atomic E-state index is 0.183. The van der Waals surface area contributed by atoms with Gasteiger partial charge in [-0.05, 0) is 68.7 Å². The summed E-state index contributed by atoms with van der Waals surface area (Å²) in [4.78, 5) is 0. The van der Waals surface area contributed by atoms with Crippen LogP contribution in [0.4, 0.5) is 0 Å². The number of rotatable bonds is 6. The Bertz CT molecular complexity index is 552. The van der Waals surface area contributed by atoms with Gasteiger partial charge in [0.15, 0.2) is 0 Å². The van der Waals surface area contributed by atoms with E-state index in [0.717, 1.165) is 28.2 Å². The molecule has 0 aromatic heterocycles. The van der Waals surface area contributed by atoms with E-state index in [4.69, 9.17) is 9.47 Å². The van der Waals surface area contributed by atoms with Crippen molar-refractivity contribution in [1.29, 1.82) is 0 Å². The highest BCUT2D eigenvalue weighted by atomic mass is 16.5. The fourth-order valence-electron chi connectivity index (χ4n) is 2.18. The van der Waals surface area contributed by atoms with Gasteiger partial charge in [-0.25, -0.2) is 0 Å². The summed E-state index contributed by atoms with van der Waals surface area (Å²) in [6, 6.07) is 16.1. The van der Waals surface area contributed by atoms with Crippen LogP contribution < -0.4 is 9.47 Å². The fourth-order valence-corrected chi connectivity index (χ4v) is 2.18. The Hall–Kier alpha value is -2.22. The van der Waals surface area contributed by atoms with Crippen LogP contribution in [0, 0.1) is 0 Å². The summed E-state index contributed by atoms with van der Waals surface area (Å²) in [5, 5.41) is 0. The third-order valence-electron chi connectivity index (χ3n) is 3.15. The van der Waals surface area contributed by atoms with Gasteiger partial charge in [0.25, 0.3) is 0 Å². The van der Waals surface area contributed by atoms with E-state index in [1.165, 1.54) is 0 Å². The molecule has 0 amide bonds. The zero-order valence-corrected chi connectivity index (χ0v) is 13.8. The number of hydrogen-bond donors (Lipinski definition) is 0. The number of benzene rings is 2. The third kappa shape index (κ3) is 4.39.